The fourth-order valence-corrected chi connectivity index (χ4v) is 3.09. The second kappa shape index (κ2) is 5.54. The highest BCUT2D eigenvalue weighted by Crippen LogP contribution is 2.31. The molecule has 1 aliphatic rings. The zero-order chi connectivity index (χ0) is 14.8. The van der Waals surface area contributed by atoms with E-state index in [2.05, 4.69) is 16.0 Å². The average Bonchev–Trinajstić information content (AvgIpc) is 2.94. The van der Waals surface area contributed by atoms with Crippen molar-refractivity contribution in [3.05, 3.63) is 46.8 Å². The number of aryl methyl sites for hydroxylation is 2. The zero-order valence-electron chi connectivity index (χ0n) is 11.0. The lowest BCUT2D eigenvalue weighted by atomic mass is 10.2. The van der Waals surface area contributed by atoms with Crippen LogP contribution in [0.2, 0.25) is 0 Å². The zero-order valence-corrected chi connectivity index (χ0v) is 11.9. The van der Waals surface area contributed by atoms with Crippen LogP contribution in [0.5, 0.6) is 0 Å². The summed E-state index contributed by atoms with van der Waals surface area (Å²) in [7, 11) is 0. The maximum absolute atomic E-state index is 10.8. The van der Waals surface area contributed by atoms with Crippen LogP contribution in [0.3, 0.4) is 0 Å². The Morgan fingerprint density at radius 2 is 2.24 bits per heavy atom. The third-order valence-electron chi connectivity index (χ3n) is 3.32. The molecule has 0 amide bonds. The van der Waals surface area contributed by atoms with Gasteiger partial charge in [0.2, 0.25) is 0 Å². The first kappa shape index (κ1) is 13.6. The minimum Gasteiger partial charge on any atom is -0.478 e. The Hall–Kier alpha value is -2.39. The van der Waals surface area contributed by atoms with Crippen molar-refractivity contribution in [2.75, 3.05) is 0 Å². The molecule has 5 nitrogen and oxygen atoms in total. The van der Waals surface area contributed by atoms with Crippen molar-refractivity contribution in [2.24, 2.45) is 0 Å². The third kappa shape index (κ3) is 2.73. The van der Waals surface area contributed by atoms with E-state index in [9.17, 15) is 10.1 Å². The lowest BCUT2D eigenvalue weighted by Crippen LogP contribution is -1.98. The van der Waals surface area contributed by atoms with E-state index in [1.165, 1.54) is 24.0 Å². The molecule has 0 aromatic carbocycles. The minimum atomic E-state index is -1.01. The van der Waals surface area contributed by atoms with Gasteiger partial charge in [-0.15, -0.1) is 0 Å². The summed E-state index contributed by atoms with van der Waals surface area (Å²) in [5.41, 5.74) is 2.90. The van der Waals surface area contributed by atoms with Gasteiger partial charge in [0, 0.05) is 11.9 Å². The molecule has 0 bridgehead atoms. The molecule has 2 aromatic rings. The Labute approximate surface area is 125 Å². The molecule has 0 fully saturated rings. The summed E-state index contributed by atoms with van der Waals surface area (Å²) in [6.45, 7) is 0. The van der Waals surface area contributed by atoms with Crippen LogP contribution in [0.15, 0.2) is 34.4 Å². The summed E-state index contributed by atoms with van der Waals surface area (Å²) < 4.78 is 0. The molecule has 3 rings (SSSR count). The first-order valence-corrected chi connectivity index (χ1v) is 7.29. The number of nitrogens with zero attached hydrogens (tertiary/aromatic N) is 3. The summed E-state index contributed by atoms with van der Waals surface area (Å²) in [6.07, 6.45) is 4.31. The quantitative estimate of drug-likeness (QED) is 0.937. The number of aromatic carboxylic acids is 1. The van der Waals surface area contributed by atoms with E-state index in [0.29, 0.717) is 15.6 Å². The fraction of sp³-hybridized carbons (Fsp3) is 0.200. The van der Waals surface area contributed by atoms with Gasteiger partial charge < -0.3 is 5.11 Å². The molecule has 2 aromatic heterocycles. The van der Waals surface area contributed by atoms with Crippen molar-refractivity contribution < 1.29 is 9.90 Å². The highest BCUT2D eigenvalue weighted by Gasteiger charge is 2.17. The molecule has 1 N–H and O–H groups in total. The van der Waals surface area contributed by atoms with Crippen LogP contribution < -0.4 is 0 Å². The number of pyridine rings is 2. The van der Waals surface area contributed by atoms with Crippen molar-refractivity contribution in [2.45, 2.75) is 29.3 Å². The van der Waals surface area contributed by atoms with E-state index in [4.69, 9.17) is 5.11 Å². The smallest absolute Gasteiger partial charge is 0.337 e. The van der Waals surface area contributed by atoms with Gasteiger partial charge in [-0.2, -0.15) is 5.26 Å². The van der Waals surface area contributed by atoms with Crippen LogP contribution in [0, 0.1) is 11.3 Å². The van der Waals surface area contributed by atoms with E-state index in [-0.39, 0.29) is 5.56 Å². The summed E-state index contributed by atoms with van der Waals surface area (Å²) in [6, 6.07) is 7.20. The Bertz CT molecular complexity index is 751. The predicted molar refractivity (Wildman–Crippen MR) is 76.3 cm³/mol. The molecular formula is C15H11N3O2S. The van der Waals surface area contributed by atoms with Gasteiger partial charge in [0.1, 0.15) is 16.1 Å². The lowest BCUT2D eigenvalue weighted by molar-refractivity contribution is 0.0696. The Morgan fingerprint density at radius 3 is 2.90 bits per heavy atom. The van der Waals surface area contributed by atoms with Crippen LogP contribution in [-0.4, -0.2) is 21.0 Å². The number of aromatic nitrogens is 2. The molecule has 0 spiro atoms. The van der Waals surface area contributed by atoms with Crippen molar-refractivity contribution in [1.29, 1.82) is 5.26 Å². The Kier molecular flexibility index (Phi) is 3.59. The number of fused-ring (bicyclic) bond motifs is 1. The molecule has 0 saturated heterocycles. The largest absolute Gasteiger partial charge is 0.478 e. The van der Waals surface area contributed by atoms with Gasteiger partial charge in [-0.25, -0.2) is 14.8 Å². The van der Waals surface area contributed by atoms with Crippen molar-refractivity contribution in [3.63, 3.8) is 0 Å². The molecule has 104 valence electrons. The van der Waals surface area contributed by atoms with Gasteiger partial charge in [0.05, 0.1) is 11.1 Å². The third-order valence-corrected chi connectivity index (χ3v) is 4.28. The van der Waals surface area contributed by atoms with Gasteiger partial charge in [-0.1, -0.05) is 0 Å². The van der Waals surface area contributed by atoms with Crippen molar-refractivity contribution in [3.8, 4) is 6.07 Å². The second-order valence-electron chi connectivity index (χ2n) is 4.70. The first-order chi connectivity index (χ1) is 10.2. The van der Waals surface area contributed by atoms with Crippen LogP contribution in [0.4, 0.5) is 0 Å². The number of hydrogen-bond acceptors (Lipinski definition) is 5. The van der Waals surface area contributed by atoms with Crippen LogP contribution in [0.25, 0.3) is 0 Å². The molecule has 2 heterocycles. The van der Waals surface area contributed by atoms with Gasteiger partial charge in [0.25, 0.3) is 0 Å². The number of rotatable bonds is 3. The van der Waals surface area contributed by atoms with Crippen LogP contribution >= 0.6 is 11.8 Å². The molecular weight excluding hydrogens is 286 g/mol. The van der Waals surface area contributed by atoms with E-state index in [0.717, 1.165) is 30.5 Å². The maximum Gasteiger partial charge on any atom is 0.337 e. The second-order valence-corrected chi connectivity index (χ2v) is 5.71. The topological polar surface area (TPSA) is 86.9 Å². The molecule has 21 heavy (non-hydrogen) atoms. The molecule has 0 atom stereocenters. The average molecular weight is 297 g/mol. The fourth-order valence-electron chi connectivity index (χ4n) is 2.28. The van der Waals surface area contributed by atoms with E-state index in [1.54, 1.807) is 6.07 Å². The molecule has 0 saturated carbocycles. The standard InChI is InChI=1S/C15H11N3O2S/c16-7-11-6-9-2-1-3-12(9)18-14(11)21-13-5-4-10(8-17-13)15(19)20/h4-6,8H,1-3H2,(H,19,20). The van der Waals surface area contributed by atoms with Gasteiger partial charge in [-0.05, 0) is 54.8 Å². The maximum atomic E-state index is 10.8. The number of carboxylic acid groups (broad SMARTS) is 1. The number of carboxylic acids is 1. The van der Waals surface area contributed by atoms with E-state index >= 15 is 0 Å². The highest BCUT2D eigenvalue weighted by molar-refractivity contribution is 7.99. The normalized spacial score (nSPS) is 12.7. The van der Waals surface area contributed by atoms with Gasteiger partial charge in [-0.3, -0.25) is 0 Å². The molecule has 6 heteroatoms. The summed E-state index contributed by atoms with van der Waals surface area (Å²) in [5, 5.41) is 19.4. The lowest BCUT2D eigenvalue weighted by Gasteiger charge is -2.06. The molecule has 0 unspecified atom stereocenters. The molecule has 0 radical (unpaired) electrons. The SMILES string of the molecule is N#Cc1cc2c(nc1Sc1ccc(C(=O)O)cn1)CCC2. The number of nitriles is 1. The van der Waals surface area contributed by atoms with Crippen molar-refractivity contribution in [1.82, 2.24) is 9.97 Å². The summed E-state index contributed by atoms with van der Waals surface area (Å²) in [4.78, 5) is 19.5. The predicted octanol–water partition coefficient (Wildman–Crippen LogP) is 2.69. The van der Waals surface area contributed by atoms with Crippen molar-refractivity contribution >= 4 is 17.7 Å². The number of hydrogen-bond donors (Lipinski definition) is 1. The summed E-state index contributed by atoms with van der Waals surface area (Å²) in [5.74, 6) is -1.01. The minimum absolute atomic E-state index is 0.141. The highest BCUT2D eigenvalue weighted by atomic mass is 32.2. The summed E-state index contributed by atoms with van der Waals surface area (Å²) >= 11 is 1.29. The molecule has 1 aliphatic carbocycles. The van der Waals surface area contributed by atoms with E-state index in [1.807, 2.05) is 6.07 Å². The molecule has 0 aliphatic heterocycles. The Balaban J connectivity index is 1.91. The van der Waals surface area contributed by atoms with Gasteiger partial charge in [0.15, 0.2) is 0 Å². The van der Waals surface area contributed by atoms with Gasteiger partial charge >= 0.3 is 5.97 Å². The first-order valence-electron chi connectivity index (χ1n) is 6.47. The number of carbonyl (C=O) groups is 1. The Morgan fingerprint density at radius 1 is 1.38 bits per heavy atom. The van der Waals surface area contributed by atoms with E-state index < -0.39 is 5.97 Å². The monoisotopic (exact) mass is 297 g/mol. The van der Waals surface area contributed by atoms with Crippen LogP contribution in [-0.2, 0) is 12.8 Å². The van der Waals surface area contributed by atoms with Crippen LogP contribution in [0.1, 0.15) is 33.6 Å².